The van der Waals surface area contributed by atoms with Gasteiger partial charge in [-0.15, -0.1) is 0 Å². The van der Waals surface area contributed by atoms with Crippen LogP contribution in [0, 0.1) is 6.92 Å². The number of aromatic nitrogens is 1. The van der Waals surface area contributed by atoms with Crippen LogP contribution in [0.4, 0.5) is 5.82 Å². The number of pyridine rings is 1. The lowest BCUT2D eigenvalue weighted by Gasteiger charge is -2.29. The molecule has 20 heavy (non-hydrogen) atoms. The van der Waals surface area contributed by atoms with E-state index in [-0.39, 0.29) is 12.6 Å². The van der Waals surface area contributed by atoms with E-state index < -0.39 is 11.9 Å². The number of aliphatic carboxylic acids is 1. The molecule has 2 rings (SSSR count). The molecule has 1 saturated carbocycles. The number of nitrogens with zero attached hydrogens (tertiary/aromatic N) is 2. The Morgan fingerprint density at radius 1 is 1.40 bits per heavy atom. The molecule has 3 N–H and O–H groups in total. The van der Waals surface area contributed by atoms with Crippen molar-refractivity contribution in [3.8, 4) is 0 Å². The maximum absolute atomic E-state index is 11.3. The zero-order valence-electron chi connectivity index (χ0n) is 11.5. The first kappa shape index (κ1) is 14.3. The molecule has 108 valence electrons. The summed E-state index contributed by atoms with van der Waals surface area (Å²) in [5.41, 5.74) is 6.32. The second kappa shape index (κ2) is 5.90. The molecule has 0 atom stereocenters. The Kier molecular flexibility index (Phi) is 4.22. The normalized spacial score (nSPS) is 15.2. The standard InChI is InChI=1S/C14H19N3O3/c1-9-6-10(14(15)20)7-12(16-9)17(8-13(18)19)11-4-2-3-5-11/h6-7,11H,2-5,8H2,1H3,(H2,15,20)(H,18,19). The number of amides is 1. The Labute approximate surface area is 117 Å². The summed E-state index contributed by atoms with van der Waals surface area (Å²) in [4.78, 5) is 28.6. The van der Waals surface area contributed by atoms with Crippen molar-refractivity contribution in [2.75, 3.05) is 11.4 Å². The minimum atomic E-state index is -0.902. The van der Waals surface area contributed by atoms with Gasteiger partial charge >= 0.3 is 5.97 Å². The predicted molar refractivity (Wildman–Crippen MR) is 74.7 cm³/mol. The van der Waals surface area contributed by atoms with Crippen LogP contribution in [0.1, 0.15) is 41.7 Å². The topological polar surface area (TPSA) is 96.5 Å². The summed E-state index contributed by atoms with van der Waals surface area (Å²) in [5.74, 6) is -0.910. The van der Waals surface area contributed by atoms with Crippen LogP contribution in [0.5, 0.6) is 0 Å². The largest absolute Gasteiger partial charge is 0.480 e. The smallest absolute Gasteiger partial charge is 0.323 e. The number of carboxylic acids is 1. The highest BCUT2D eigenvalue weighted by molar-refractivity contribution is 5.93. The highest BCUT2D eigenvalue weighted by Crippen LogP contribution is 2.27. The molecule has 6 heteroatoms. The number of hydrogen-bond donors (Lipinski definition) is 2. The summed E-state index contributed by atoms with van der Waals surface area (Å²) < 4.78 is 0. The van der Waals surface area contributed by atoms with Gasteiger partial charge in [-0.25, -0.2) is 4.98 Å². The minimum absolute atomic E-state index is 0.112. The summed E-state index contributed by atoms with van der Waals surface area (Å²) in [6.45, 7) is 1.66. The summed E-state index contributed by atoms with van der Waals surface area (Å²) in [5, 5.41) is 9.09. The zero-order valence-corrected chi connectivity index (χ0v) is 11.5. The summed E-state index contributed by atoms with van der Waals surface area (Å²) in [7, 11) is 0. The highest BCUT2D eigenvalue weighted by atomic mass is 16.4. The van der Waals surface area contributed by atoms with Gasteiger partial charge in [0, 0.05) is 17.3 Å². The Hall–Kier alpha value is -2.11. The van der Waals surface area contributed by atoms with Gasteiger partial charge in [0.25, 0.3) is 0 Å². The number of carboxylic acid groups (broad SMARTS) is 1. The van der Waals surface area contributed by atoms with Crippen LogP contribution in [0.25, 0.3) is 0 Å². The Morgan fingerprint density at radius 2 is 2.05 bits per heavy atom. The molecule has 1 fully saturated rings. The van der Waals surface area contributed by atoms with Crippen LogP contribution < -0.4 is 10.6 Å². The van der Waals surface area contributed by atoms with E-state index in [1.165, 1.54) is 0 Å². The molecule has 0 saturated heterocycles. The Balaban J connectivity index is 2.36. The summed E-state index contributed by atoms with van der Waals surface area (Å²) in [6, 6.07) is 3.36. The number of aryl methyl sites for hydroxylation is 1. The molecule has 0 aromatic carbocycles. The van der Waals surface area contributed by atoms with E-state index in [0.29, 0.717) is 17.1 Å². The molecule has 1 heterocycles. The third-order valence-corrected chi connectivity index (χ3v) is 3.59. The van der Waals surface area contributed by atoms with Crippen molar-refractivity contribution in [2.45, 2.75) is 38.6 Å². The first-order chi connectivity index (χ1) is 9.47. The van der Waals surface area contributed by atoms with Crippen molar-refractivity contribution >= 4 is 17.7 Å². The molecule has 1 aromatic heterocycles. The Bertz CT molecular complexity index is 524. The van der Waals surface area contributed by atoms with E-state index in [1.807, 2.05) is 0 Å². The summed E-state index contributed by atoms with van der Waals surface area (Å²) in [6.07, 6.45) is 4.09. The van der Waals surface area contributed by atoms with Gasteiger partial charge in [0.05, 0.1) is 0 Å². The van der Waals surface area contributed by atoms with E-state index in [2.05, 4.69) is 4.98 Å². The lowest BCUT2D eigenvalue weighted by molar-refractivity contribution is -0.135. The molecule has 6 nitrogen and oxygen atoms in total. The van der Waals surface area contributed by atoms with E-state index >= 15 is 0 Å². The SMILES string of the molecule is Cc1cc(C(N)=O)cc(N(CC(=O)O)C2CCCC2)n1. The zero-order chi connectivity index (χ0) is 14.7. The van der Waals surface area contributed by atoms with E-state index in [1.54, 1.807) is 24.0 Å². The van der Waals surface area contributed by atoms with Gasteiger partial charge in [-0.05, 0) is 31.9 Å². The van der Waals surface area contributed by atoms with Gasteiger partial charge in [-0.3, -0.25) is 9.59 Å². The van der Waals surface area contributed by atoms with Crippen molar-refractivity contribution in [3.63, 3.8) is 0 Å². The van der Waals surface area contributed by atoms with Crippen molar-refractivity contribution in [3.05, 3.63) is 23.4 Å². The fourth-order valence-corrected chi connectivity index (χ4v) is 2.70. The lowest BCUT2D eigenvalue weighted by atomic mass is 10.1. The van der Waals surface area contributed by atoms with Crippen molar-refractivity contribution in [2.24, 2.45) is 5.73 Å². The molecule has 0 bridgehead atoms. The minimum Gasteiger partial charge on any atom is -0.480 e. The number of hydrogen-bond acceptors (Lipinski definition) is 4. The van der Waals surface area contributed by atoms with E-state index in [0.717, 1.165) is 25.7 Å². The average Bonchev–Trinajstić information content (AvgIpc) is 2.88. The second-order valence-electron chi connectivity index (χ2n) is 5.18. The first-order valence-electron chi connectivity index (χ1n) is 6.74. The predicted octanol–water partition coefficient (Wildman–Crippen LogP) is 1.32. The van der Waals surface area contributed by atoms with Gasteiger partial charge in [-0.2, -0.15) is 0 Å². The summed E-state index contributed by atoms with van der Waals surface area (Å²) >= 11 is 0. The third-order valence-electron chi connectivity index (χ3n) is 3.59. The van der Waals surface area contributed by atoms with E-state index in [4.69, 9.17) is 10.8 Å². The van der Waals surface area contributed by atoms with Crippen molar-refractivity contribution < 1.29 is 14.7 Å². The molecule has 1 aromatic rings. The second-order valence-corrected chi connectivity index (χ2v) is 5.18. The number of rotatable bonds is 5. The number of carbonyl (C=O) groups is 2. The fraction of sp³-hybridized carbons (Fsp3) is 0.500. The quantitative estimate of drug-likeness (QED) is 0.846. The number of nitrogens with two attached hydrogens (primary N) is 1. The molecule has 1 aliphatic rings. The van der Waals surface area contributed by atoms with Gasteiger partial charge in [-0.1, -0.05) is 12.8 Å². The molecule has 1 amide bonds. The fourth-order valence-electron chi connectivity index (χ4n) is 2.70. The van der Waals surface area contributed by atoms with Gasteiger partial charge in [0.1, 0.15) is 12.4 Å². The maximum Gasteiger partial charge on any atom is 0.323 e. The van der Waals surface area contributed by atoms with Crippen LogP contribution in [-0.4, -0.2) is 34.6 Å². The lowest BCUT2D eigenvalue weighted by Crippen LogP contribution is -2.38. The van der Waals surface area contributed by atoms with Crippen LogP contribution in [0.2, 0.25) is 0 Å². The average molecular weight is 277 g/mol. The molecular formula is C14H19N3O3. The monoisotopic (exact) mass is 277 g/mol. The first-order valence-corrected chi connectivity index (χ1v) is 6.74. The van der Waals surface area contributed by atoms with Gasteiger partial charge in [0.2, 0.25) is 5.91 Å². The maximum atomic E-state index is 11.3. The number of primary amides is 1. The third kappa shape index (κ3) is 3.26. The van der Waals surface area contributed by atoms with Crippen LogP contribution in [0.15, 0.2) is 12.1 Å². The Morgan fingerprint density at radius 3 is 2.60 bits per heavy atom. The van der Waals surface area contributed by atoms with Gasteiger partial charge in [0.15, 0.2) is 0 Å². The van der Waals surface area contributed by atoms with Crippen LogP contribution >= 0.6 is 0 Å². The van der Waals surface area contributed by atoms with Crippen LogP contribution in [-0.2, 0) is 4.79 Å². The molecule has 0 unspecified atom stereocenters. The molecule has 0 spiro atoms. The molecule has 1 aliphatic carbocycles. The van der Waals surface area contributed by atoms with Crippen LogP contribution in [0.3, 0.4) is 0 Å². The number of carbonyl (C=O) groups excluding carboxylic acids is 1. The van der Waals surface area contributed by atoms with Crippen molar-refractivity contribution in [1.82, 2.24) is 4.98 Å². The molecule has 0 radical (unpaired) electrons. The highest BCUT2D eigenvalue weighted by Gasteiger charge is 2.26. The number of anilines is 1. The molecule has 0 aliphatic heterocycles. The molecular weight excluding hydrogens is 258 g/mol. The van der Waals surface area contributed by atoms with E-state index in [9.17, 15) is 9.59 Å². The van der Waals surface area contributed by atoms with Gasteiger partial charge < -0.3 is 15.7 Å². The van der Waals surface area contributed by atoms with Crippen molar-refractivity contribution in [1.29, 1.82) is 0 Å².